The van der Waals surface area contributed by atoms with Gasteiger partial charge in [0.2, 0.25) is 0 Å². The summed E-state index contributed by atoms with van der Waals surface area (Å²) in [4.78, 5) is 12.3. The van der Waals surface area contributed by atoms with Crippen molar-refractivity contribution >= 4 is 18.3 Å². The quantitative estimate of drug-likeness (QED) is 0.892. The highest BCUT2D eigenvalue weighted by atomic mass is 35.5. The van der Waals surface area contributed by atoms with Crippen molar-refractivity contribution in [3.63, 3.8) is 0 Å². The molecule has 1 aromatic heterocycles. The van der Waals surface area contributed by atoms with Gasteiger partial charge in [0.15, 0.2) is 0 Å². The van der Waals surface area contributed by atoms with Crippen LogP contribution in [0, 0.1) is 19.7 Å². The Morgan fingerprint density at radius 1 is 1.38 bits per heavy atom. The van der Waals surface area contributed by atoms with E-state index in [9.17, 15) is 9.18 Å². The number of carbonyl (C=O) groups excluding carboxylic acids is 1. The number of piperidine rings is 1. The molecule has 1 amide bonds. The zero-order chi connectivity index (χ0) is 16.4. The predicted molar refractivity (Wildman–Crippen MR) is 93.6 cm³/mol. The predicted octanol–water partition coefficient (Wildman–Crippen LogP) is 2.53. The van der Waals surface area contributed by atoms with E-state index in [1.165, 1.54) is 6.07 Å². The number of aryl methyl sites for hydroxylation is 2. The number of carbonyl (C=O) groups is 1. The lowest BCUT2D eigenvalue weighted by Crippen LogP contribution is -2.45. The molecule has 1 aliphatic rings. The first kappa shape index (κ1) is 18.4. The molecule has 5 nitrogen and oxygen atoms in total. The lowest BCUT2D eigenvalue weighted by molar-refractivity contribution is 0.0930. The molecule has 0 radical (unpaired) electrons. The van der Waals surface area contributed by atoms with Crippen molar-refractivity contribution in [3.05, 3.63) is 47.0 Å². The highest BCUT2D eigenvalue weighted by Gasteiger charge is 2.18. The molecule has 3 rings (SSSR count). The molecule has 0 saturated carbocycles. The maximum atomic E-state index is 14.4. The monoisotopic (exact) mass is 352 g/mol. The maximum absolute atomic E-state index is 14.4. The third-order valence-corrected chi connectivity index (χ3v) is 4.08. The smallest absolute Gasteiger partial charge is 0.251 e. The average Bonchev–Trinajstić information content (AvgIpc) is 2.86. The molecule has 0 aliphatic carbocycles. The molecule has 1 aliphatic heterocycles. The Kier molecular flexibility index (Phi) is 5.96. The minimum Gasteiger partial charge on any atom is -0.348 e. The van der Waals surface area contributed by atoms with Crippen LogP contribution in [0.4, 0.5) is 4.39 Å². The van der Waals surface area contributed by atoms with Gasteiger partial charge in [0, 0.05) is 23.8 Å². The van der Waals surface area contributed by atoms with Gasteiger partial charge >= 0.3 is 0 Å². The molecular weight excluding hydrogens is 331 g/mol. The van der Waals surface area contributed by atoms with E-state index in [1.807, 2.05) is 19.9 Å². The van der Waals surface area contributed by atoms with Crippen LogP contribution in [0.2, 0.25) is 0 Å². The normalized spacial score (nSPS) is 17.2. The second kappa shape index (κ2) is 7.77. The second-order valence-electron chi connectivity index (χ2n) is 6.02. The Labute approximate surface area is 147 Å². The number of hydrogen-bond acceptors (Lipinski definition) is 3. The Balaban J connectivity index is 0.00000208. The van der Waals surface area contributed by atoms with Gasteiger partial charge in [-0.05, 0) is 57.5 Å². The van der Waals surface area contributed by atoms with Crippen LogP contribution in [0.25, 0.3) is 5.69 Å². The topological polar surface area (TPSA) is 59.0 Å². The van der Waals surface area contributed by atoms with E-state index in [0.717, 1.165) is 37.3 Å². The molecule has 1 aromatic carbocycles. The fourth-order valence-electron chi connectivity index (χ4n) is 2.94. The van der Waals surface area contributed by atoms with Crippen LogP contribution < -0.4 is 10.6 Å². The summed E-state index contributed by atoms with van der Waals surface area (Å²) in [5, 5.41) is 10.5. The van der Waals surface area contributed by atoms with Gasteiger partial charge in [-0.25, -0.2) is 9.07 Å². The van der Waals surface area contributed by atoms with Crippen LogP contribution in [-0.4, -0.2) is 34.8 Å². The summed E-state index contributed by atoms with van der Waals surface area (Å²) >= 11 is 0. The molecule has 130 valence electrons. The van der Waals surface area contributed by atoms with Crippen molar-refractivity contribution < 1.29 is 9.18 Å². The number of nitrogens with one attached hydrogen (secondary N) is 2. The Hall–Kier alpha value is -1.92. The molecule has 24 heavy (non-hydrogen) atoms. The van der Waals surface area contributed by atoms with Gasteiger partial charge in [-0.15, -0.1) is 12.4 Å². The molecule has 7 heteroatoms. The number of aromatic nitrogens is 2. The van der Waals surface area contributed by atoms with E-state index in [2.05, 4.69) is 15.7 Å². The lowest BCUT2D eigenvalue weighted by atomic mass is 10.1. The van der Waals surface area contributed by atoms with Crippen LogP contribution in [0.3, 0.4) is 0 Å². The number of amides is 1. The van der Waals surface area contributed by atoms with E-state index in [0.29, 0.717) is 11.3 Å². The Morgan fingerprint density at radius 2 is 2.17 bits per heavy atom. The van der Waals surface area contributed by atoms with Gasteiger partial charge in [-0.1, -0.05) is 0 Å². The third-order valence-electron chi connectivity index (χ3n) is 4.08. The van der Waals surface area contributed by atoms with E-state index >= 15 is 0 Å². The summed E-state index contributed by atoms with van der Waals surface area (Å²) in [6.07, 6.45) is 1.99. The van der Waals surface area contributed by atoms with Gasteiger partial charge in [0.1, 0.15) is 11.5 Å². The van der Waals surface area contributed by atoms with Crippen molar-refractivity contribution in [1.29, 1.82) is 0 Å². The zero-order valence-electron chi connectivity index (χ0n) is 13.8. The molecule has 2 aromatic rings. The minimum atomic E-state index is -0.453. The van der Waals surface area contributed by atoms with Gasteiger partial charge in [-0.2, -0.15) is 5.10 Å². The number of halogens is 2. The summed E-state index contributed by atoms with van der Waals surface area (Å²) in [5.41, 5.74) is 2.37. The van der Waals surface area contributed by atoms with Crippen LogP contribution in [0.1, 0.15) is 34.6 Å². The SMILES string of the molecule is Cc1cc(C)n(-c2ccc(C(=O)NC3CCCNC3)cc2F)n1.Cl. The van der Waals surface area contributed by atoms with E-state index < -0.39 is 5.82 Å². The van der Waals surface area contributed by atoms with Gasteiger partial charge in [0.05, 0.1) is 5.69 Å². The summed E-state index contributed by atoms with van der Waals surface area (Å²) < 4.78 is 16.0. The largest absolute Gasteiger partial charge is 0.348 e. The second-order valence-corrected chi connectivity index (χ2v) is 6.02. The van der Waals surface area contributed by atoms with E-state index in [4.69, 9.17) is 0 Å². The molecule has 1 atom stereocenters. The summed E-state index contributed by atoms with van der Waals surface area (Å²) in [5.74, 6) is -0.692. The first-order chi connectivity index (χ1) is 11.0. The van der Waals surface area contributed by atoms with E-state index in [1.54, 1.807) is 16.8 Å². The van der Waals surface area contributed by atoms with Crippen molar-refractivity contribution in [3.8, 4) is 5.69 Å². The summed E-state index contributed by atoms with van der Waals surface area (Å²) in [6.45, 7) is 5.48. The minimum absolute atomic E-state index is 0. The molecule has 0 bridgehead atoms. The van der Waals surface area contributed by atoms with Crippen molar-refractivity contribution in [2.45, 2.75) is 32.7 Å². The number of nitrogens with zero attached hydrogens (tertiary/aromatic N) is 2. The first-order valence-electron chi connectivity index (χ1n) is 7.89. The number of rotatable bonds is 3. The highest BCUT2D eigenvalue weighted by Crippen LogP contribution is 2.18. The molecule has 2 N–H and O–H groups in total. The van der Waals surface area contributed by atoms with Gasteiger partial charge in [-0.3, -0.25) is 4.79 Å². The Bertz CT molecular complexity index is 725. The highest BCUT2D eigenvalue weighted by molar-refractivity contribution is 5.94. The third kappa shape index (κ3) is 3.94. The lowest BCUT2D eigenvalue weighted by Gasteiger charge is -2.23. The average molecular weight is 353 g/mol. The van der Waals surface area contributed by atoms with Gasteiger partial charge in [0.25, 0.3) is 5.91 Å². The molecule has 1 fully saturated rings. The molecular formula is C17H22ClFN4O. The molecule has 1 unspecified atom stereocenters. The fraction of sp³-hybridized carbons (Fsp3) is 0.412. The molecule has 1 saturated heterocycles. The van der Waals surface area contributed by atoms with Crippen LogP contribution in [0.5, 0.6) is 0 Å². The Morgan fingerprint density at radius 3 is 2.75 bits per heavy atom. The maximum Gasteiger partial charge on any atom is 0.251 e. The van der Waals surface area contributed by atoms with Crippen LogP contribution >= 0.6 is 12.4 Å². The molecule has 0 spiro atoms. The standard InChI is InChI=1S/C17H21FN4O.ClH/c1-11-8-12(2)22(21-11)16-6-5-13(9-15(16)18)17(23)20-14-4-3-7-19-10-14;/h5-6,8-9,14,19H,3-4,7,10H2,1-2H3,(H,20,23);1H. The van der Waals surface area contributed by atoms with Crippen LogP contribution in [0.15, 0.2) is 24.3 Å². The summed E-state index contributed by atoms with van der Waals surface area (Å²) in [6, 6.07) is 6.51. The van der Waals surface area contributed by atoms with Crippen molar-refractivity contribution in [1.82, 2.24) is 20.4 Å². The van der Waals surface area contributed by atoms with Gasteiger partial charge < -0.3 is 10.6 Å². The van der Waals surface area contributed by atoms with Crippen molar-refractivity contribution in [2.75, 3.05) is 13.1 Å². The fourth-order valence-corrected chi connectivity index (χ4v) is 2.94. The van der Waals surface area contributed by atoms with E-state index in [-0.39, 0.29) is 24.4 Å². The van der Waals surface area contributed by atoms with Crippen LogP contribution in [-0.2, 0) is 0 Å². The first-order valence-corrected chi connectivity index (χ1v) is 7.89. The molecule has 2 heterocycles. The number of hydrogen-bond donors (Lipinski definition) is 2. The number of benzene rings is 1. The zero-order valence-corrected chi connectivity index (χ0v) is 14.6. The van der Waals surface area contributed by atoms with Crippen molar-refractivity contribution in [2.24, 2.45) is 0 Å². The summed E-state index contributed by atoms with van der Waals surface area (Å²) in [7, 11) is 0.